The van der Waals surface area contributed by atoms with Crippen LogP contribution in [0.5, 0.6) is 0 Å². The van der Waals surface area contributed by atoms with Gasteiger partial charge in [0.05, 0.1) is 11.1 Å². The van der Waals surface area contributed by atoms with Crippen LogP contribution in [0.3, 0.4) is 0 Å². The third-order valence-electron chi connectivity index (χ3n) is 3.10. The summed E-state index contributed by atoms with van der Waals surface area (Å²) in [6.07, 6.45) is 0. The number of hydrogen-bond donors (Lipinski definition) is 2. The van der Waals surface area contributed by atoms with E-state index in [1.54, 1.807) is 11.8 Å². The fourth-order valence-electron chi connectivity index (χ4n) is 1.87. The quantitative estimate of drug-likeness (QED) is 0.697. The Kier molecular flexibility index (Phi) is 6.80. The van der Waals surface area contributed by atoms with Crippen LogP contribution in [0.2, 0.25) is 0 Å². The van der Waals surface area contributed by atoms with Crippen molar-refractivity contribution in [1.29, 1.82) is 0 Å². The first-order valence-electron chi connectivity index (χ1n) is 7.41. The third-order valence-corrected chi connectivity index (χ3v) is 4.12. The molecule has 3 rings (SSSR count). The van der Waals surface area contributed by atoms with Crippen molar-refractivity contribution in [1.82, 2.24) is 0 Å². The van der Waals surface area contributed by atoms with Crippen LogP contribution in [-0.4, -0.2) is 22.2 Å². The highest BCUT2D eigenvalue weighted by atomic mass is 32.2. The van der Waals surface area contributed by atoms with Crippen molar-refractivity contribution in [3.05, 3.63) is 96.1 Å². The Morgan fingerprint density at radius 2 is 0.880 bits per heavy atom. The molecule has 0 bridgehead atoms. The van der Waals surface area contributed by atoms with Gasteiger partial charge in [-0.25, -0.2) is 9.59 Å². The fourth-order valence-corrected chi connectivity index (χ4v) is 2.73. The zero-order valence-corrected chi connectivity index (χ0v) is 14.0. The molecule has 0 unspecified atom stereocenters. The Bertz CT molecular complexity index is 745. The molecule has 0 fully saturated rings. The fraction of sp³-hybridized carbons (Fsp3) is 0. The molecule has 25 heavy (non-hydrogen) atoms. The molecule has 0 aliphatic heterocycles. The van der Waals surface area contributed by atoms with E-state index in [-0.39, 0.29) is 11.1 Å². The van der Waals surface area contributed by atoms with Gasteiger partial charge in [0.1, 0.15) is 0 Å². The third kappa shape index (κ3) is 6.16. The van der Waals surface area contributed by atoms with Crippen LogP contribution in [0, 0.1) is 0 Å². The van der Waals surface area contributed by atoms with E-state index in [0.29, 0.717) is 0 Å². The number of carbonyl (C=O) groups is 2. The Balaban J connectivity index is 0.000000181. The zero-order valence-electron chi connectivity index (χ0n) is 13.2. The molecular formula is C20H16O4S. The van der Waals surface area contributed by atoms with Gasteiger partial charge >= 0.3 is 11.9 Å². The second-order valence-electron chi connectivity index (χ2n) is 4.92. The zero-order chi connectivity index (χ0) is 18.1. The van der Waals surface area contributed by atoms with Crippen LogP contribution in [0.15, 0.2) is 94.7 Å². The lowest BCUT2D eigenvalue weighted by molar-refractivity contribution is 0.0681. The molecule has 0 amide bonds. The highest BCUT2D eigenvalue weighted by Crippen LogP contribution is 2.26. The normalized spacial score (nSPS) is 9.60. The molecule has 0 spiro atoms. The van der Waals surface area contributed by atoms with Gasteiger partial charge in [-0.2, -0.15) is 0 Å². The maximum absolute atomic E-state index is 10.3. The van der Waals surface area contributed by atoms with Crippen molar-refractivity contribution >= 4 is 23.7 Å². The van der Waals surface area contributed by atoms with Crippen LogP contribution in [0.1, 0.15) is 20.7 Å². The van der Waals surface area contributed by atoms with Crippen LogP contribution in [-0.2, 0) is 0 Å². The van der Waals surface area contributed by atoms with Crippen LogP contribution < -0.4 is 0 Å². The van der Waals surface area contributed by atoms with Gasteiger partial charge in [0.2, 0.25) is 0 Å². The van der Waals surface area contributed by atoms with Gasteiger partial charge in [0, 0.05) is 9.79 Å². The van der Waals surface area contributed by atoms with E-state index in [4.69, 9.17) is 10.2 Å². The predicted octanol–water partition coefficient (Wildman–Crippen LogP) is 4.92. The summed E-state index contributed by atoms with van der Waals surface area (Å²) in [6, 6.07) is 25.8. The smallest absolute Gasteiger partial charge is 0.335 e. The van der Waals surface area contributed by atoms with E-state index in [1.807, 2.05) is 12.1 Å². The summed E-state index contributed by atoms with van der Waals surface area (Å²) in [7, 11) is 0. The van der Waals surface area contributed by atoms with Crippen LogP contribution in [0.4, 0.5) is 0 Å². The average Bonchev–Trinajstić information content (AvgIpc) is 2.64. The molecule has 0 saturated heterocycles. The minimum Gasteiger partial charge on any atom is -0.478 e. The van der Waals surface area contributed by atoms with E-state index in [9.17, 15) is 9.59 Å². The number of benzene rings is 3. The van der Waals surface area contributed by atoms with Crippen molar-refractivity contribution in [2.24, 2.45) is 0 Å². The summed E-state index contributed by atoms with van der Waals surface area (Å²) in [6.45, 7) is 0. The summed E-state index contributed by atoms with van der Waals surface area (Å²) < 4.78 is 0. The topological polar surface area (TPSA) is 74.6 Å². The molecule has 3 aromatic carbocycles. The molecule has 4 nitrogen and oxygen atoms in total. The Hall–Kier alpha value is -3.05. The molecule has 0 saturated carbocycles. The highest BCUT2D eigenvalue weighted by molar-refractivity contribution is 7.99. The molecular weight excluding hydrogens is 336 g/mol. The SMILES string of the molecule is O=C(O)c1ccc(C(=O)O)cc1.c1ccc(Sc2ccccc2)cc1. The predicted molar refractivity (Wildman–Crippen MR) is 97.4 cm³/mol. The Morgan fingerprint density at radius 1 is 0.560 bits per heavy atom. The summed E-state index contributed by atoms with van der Waals surface area (Å²) in [5, 5.41) is 16.9. The van der Waals surface area contributed by atoms with Gasteiger partial charge in [-0.1, -0.05) is 48.2 Å². The lowest BCUT2D eigenvalue weighted by Crippen LogP contribution is -1.99. The van der Waals surface area contributed by atoms with E-state index in [1.165, 1.54) is 34.1 Å². The van der Waals surface area contributed by atoms with E-state index in [0.717, 1.165) is 0 Å². The maximum atomic E-state index is 10.3. The molecule has 3 aromatic rings. The summed E-state index contributed by atoms with van der Waals surface area (Å²) in [5.41, 5.74) is 0.167. The molecule has 0 aliphatic rings. The first-order chi connectivity index (χ1) is 12.1. The molecule has 2 N–H and O–H groups in total. The van der Waals surface area contributed by atoms with Crippen molar-refractivity contribution in [2.75, 3.05) is 0 Å². The second-order valence-corrected chi connectivity index (χ2v) is 6.06. The monoisotopic (exact) mass is 352 g/mol. The van der Waals surface area contributed by atoms with Gasteiger partial charge in [-0.3, -0.25) is 0 Å². The van der Waals surface area contributed by atoms with Crippen LogP contribution >= 0.6 is 11.8 Å². The number of aromatic carboxylic acids is 2. The minimum atomic E-state index is -1.06. The Labute approximate surface area is 149 Å². The number of carboxylic acid groups (broad SMARTS) is 2. The largest absolute Gasteiger partial charge is 0.478 e. The summed E-state index contributed by atoms with van der Waals surface area (Å²) in [4.78, 5) is 23.2. The van der Waals surface area contributed by atoms with Gasteiger partial charge in [-0.05, 0) is 48.5 Å². The molecule has 126 valence electrons. The number of rotatable bonds is 4. The first kappa shape index (κ1) is 18.3. The van der Waals surface area contributed by atoms with E-state index in [2.05, 4.69) is 48.5 Å². The van der Waals surface area contributed by atoms with Gasteiger partial charge in [-0.15, -0.1) is 0 Å². The average molecular weight is 352 g/mol. The molecule has 0 heterocycles. The van der Waals surface area contributed by atoms with Gasteiger partial charge in [0.25, 0.3) is 0 Å². The standard InChI is InChI=1S/C12H10S.C8H6O4/c1-3-7-11(8-4-1)13-12-9-5-2-6-10-12;9-7(10)5-1-2-6(4-3-5)8(11)12/h1-10H;1-4H,(H,9,10)(H,11,12). The Morgan fingerprint density at radius 3 is 1.16 bits per heavy atom. The highest BCUT2D eigenvalue weighted by Gasteiger charge is 2.04. The lowest BCUT2D eigenvalue weighted by Gasteiger charge is -1.99. The minimum absolute atomic E-state index is 0.0833. The number of carboxylic acids is 2. The van der Waals surface area contributed by atoms with Crippen molar-refractivity contribution in [2.45, 2.75) is 9.79 Å². The van der Waals surface area contributed by atoms with Gasteiger partial charge in [0.15, 0.2) is 0 Å². The van der Waals surface area contributed by atoms with E-state index < -0.39 is 11.9 Å². The number of hydrogen-bond acceptors (Lipinski definition) is 3. The molecule has 0 aromatic heterocycles. The van der Waals surface area contributed by atoms with Crippen molar-refractivity contribution in [3.63, 3.8) is 0 Å². The summed E-state index contributed by atoms with van der Waals surface area (Å²) in [5.74, 6) is -2.13. The summed E-state index contributed by atoms with van der Waals surface area (Å²) >= 11 is 1.79. The second kappa shape index (κ2) is 9.30. The molecule has 0 aliphatic carbocycles. The molecule has 5 heteroatoms. The lowest BCUT2D eigenvalue weighted by atomic mass is 10.1. The van der Waals surface area contributed by atoms with Gasteiger partial charge < -0.3 is 10.2 Å². The van der Waals surface area contributed by atoms with Crippen LogP contribution in [0.25, 0.3) is 0 Å². The van der Waals surface area contributed by atoms with Crippen molar-refractivity contribution < 1.29 is 19.8 Å². The molecule has 0 radical (unpaired) electrons. The molecule has 0 atom stereocenters. The maximum Gasteiger partial charge on any atom is 0.335 e. The first-order valence-corrected chi connectivity index (χ1v) is 8.22. The van der Waals surface area contributed by atoms with Crippen molar-refractivity contribution in [3.8, 4) is 0 Å². The van der Waals surface area contributed by atoms with E-state index >= 15 is 0 Å².